The average molecular weight is 507 g/mol. The molecule has 2 aromatic carbocycles. The Bertz CT molecular complexity index is 1180. The third kappa shape index (κ3) is 5.19. The Labute approximate surface area is 218 Å². The van der Waals surface area contributed by atoms with Crippen molar-refractivity contribution in [3.63, 3.8) is 0 Å². The Hall–Kier alpha value is -3.06. The average Bonchev–Trinajstić information content (AvgIpc) is 3.63. The van der Waals surface area contributed by atoms with Gasteiger partial charge in [-0.3, -0.25) is 14.9 Å². The van der Waals surface area contributed by atoms with Gasteiger partial charge in [-0.2, -0.15) is 0 Å². The van der Waals surface area contributed by atoms with Crippen LogP contribution in [-0.4, -0.2) is 38.6 Å². The highest BCUT2D eigenvalue weighted by molar-refractivity contribution is 5.97. The first-order chi connectivity index (χ1) is 17.8. The topological polar surface area (TPSA) is 99.1 Å². The molecule has 3 aliphatic rings. The zero-order chi connectivity index (χ0) is 26.2. The number of phenolic OH excluding ortho intramolecular Hbond substituents is 2. The fraction of sp³-hybridized carbons (Fsp3) is 0.533. The maximum atomic E-state index is 13.3. The van der Waals surface area contributed by atoms with E-state index in [9.17, 15) is 19.8 Å². The van der Waals surface area contributed by atoms with Gasteiger partial charge in [-0.25, -0.2) is 0 Å². The van der Waals surface area contributed by atoms with Gasteiger partial charge in [0, 0.05) is 25.7 Å². The van der Waals surface area contributed by atoms with Crippen molar-refractivity contribution in [3.05, 3.63) is 58.1 Å². The minimum absolute atomic E-state index is 0.00180. The van der Waals surface area contributed by atoms with Crippen LogP contribution >= 0.6 is 0 Å². The molecular formula is C30H38N2O5. The van der Waals surface area contributed by atoms with Gasteiger partial charge in [0.15, 0.2) is 0 Å². The summed E-state index contributed by atoms with van der Waals surface area (Å²) in [6.45, 7) is 5.36. The molecule has 0 radical (unpaired) electrons. The largest absolute Gasteiger partial charge is 0.508 e. The molecule has 2 saturated carbocycles. The van der Waals surface area contributed by atoms with Gasteiger partial charge in [-0.1, -0.05) is 44.9 Å². The highest BCUT2D eigenvalue weighted by atomic mass is 16.5. The van der Waals surface area contributed by atoms with E-state index in [0.29, 0.717) is 25.2 Å². The molecule has 1 heterocycles. The van der Waals surface area contributed by atoms with Gasteiger partial charge in [0.05, 0.1) is 5.56 Å². The summed E-state index contributed by atoms with van der Waals surface area (Å²) >= 11 is 0. The number of phenols is 2. The SMILES string of the molecule is CC(C)c1cc(C(=O)N2Cc3ccc(CNC4(C(=O)OC5CCCC5)CCCC4)cc3C2)c(O)cc1O. The molecule has 2 fully saturated rings. The van der Waals surface area contributed by atoms with Gasteiger partial charge < -0.3 is 19.8 Å². The van der Waals surface area contributed by atoms with Crippen LogP contribution in [0.4, 0.5) is 0 Å². The predicted octanol–water partition coefficient (Wildman–Crippen LogP) is 5.27. The first-order valence-corrected chi connectivity index (χ1v) is 13.7. The van der Waals surface area contributed by atoms with Gasteiger partial charge in [0.1, 0.15) is 23.1 Å². The molecule has 1 aliphatic heterocycles. The highest BCUT2D eigenvalue weighted by Crippen LogP contribution is 2.36. The summed E-state index contributed by atoms with van der Waals surface area (Å²) in [5.41, 5.74) is 3.47. The number of aromatic hydroxyl groups is 2. The van der Waals surface area contributed by atoms with Crippen LogP contribution in [-0.2, 0) is 29.2 Å². The number of nitrogens with zero attached hydrogens (tertiary/aromatic N) is 1. The molecule has 0 spiro atoms. The Morgan fingerprint density at radius 1 is 1.00 bits per heavy atom. The van der Waals surface area contributed by atoms with Crippen molar-refractivity contribution in [1.29, 1.82) is 0 Å². The molecule has 5 rings (SSSR count). The van der Waals surface area contributed by atoms with E-state index in [1.165, 1.54) is 6.07 Å². The minimum Gasteiger partial charge on any atom is -0.508 e. The number of hydrogen-bond donors (Lipinski definition) is 3. The molecule has 1 amide bonds. The maximum absolute atomic E-state index is 13.3. The zero-order valence-corrected chi connectivity index (χ0v) is 21.9. The number of carbonyl (C=O) groups excluding carboxylic acids is 2. The van der Waals surface area contributed by atoms with Crippen LogP contribution < -0.4 is 5.32 Å². The molecule has 37 heavy (non-hydrogen) atoms. The lowest BCUT2D eigenvalue weighted by Gasteiger charge is -2.29. The molecule has 0 atom stereocenters. The lowest BCUT2D eigenvalue weighted by atomic mass is 9.96. The Balaban J connectivity index is 1.26. The summed E-state index contributed by atoms with van der Waals surface area (Å²) in [4.78, 5) is 28.1. The zero-order valence-electron chi connectivity index (χ0n) is 21.9. The van der Waals surface area contributed by atoms with E-state index in [1.54, 1.807) is 11.0 Å². The molecular weight excluding hydrogens is 468 g/mol. The van der Waals surface area contributed by atoms with E-state index in [0.717, 1.165) is 68.1 Å². The quantitative estimate of drug-likeness (QED) is 0.443. The molecule has 198 valence electrons. The predicted molar refractivity (Wildman–Crippen MR) is 140 cm³/mol. The van der Waals surface area contributed by atoms with Crippen LogP contribution in [0.3, 0.4) is 0 Å². The number of ether oxygens (including phenoxy) is 1. The van der Waals surface area contributed by atoms with Crippen LogP contribution in [0.2, 0.25) is 0 Å². The lowest BCUT2D eigenvalue weighted by Crippen LogP contribution is -2.51. The fourth-order valence-corrected chi connectivity index (χ4v) is 6.07. The van der Waals surface area contributed by atoms with Crippen molar-refractivity contribution in [3.8, 4) is 11.5 Å². The van der Waals surface area contributed by atoms with E-state index in [-0.39, 0.29) is 41.0 Å². The molecule has 0 unspecified atom stereocenters. The molecule has 0 saturated heterocycles. The number of nitrogens with one attached hydrogen (secondary N) is 1. The van der Waals surface area contributed by atoms with E-state index in [2.05, 4.69) is 17.4 Å². The van der Waals surface area contributed by atoms with Crippen molar-refractivity contribution in [2.45, 2.75) is 102 Å². The highest BCUT2D eigenvalue weighted by Gasteiger charge is 2.43. The van der Waals surface area contributed by atoms with Gasteiger partial charge in [0.25, 0.3) is 5.91 Å². The summed E-state index contributed by atoms with van der Waals surface area (Å²) in [6.07, 6.45) is 7.95. The van der Waals surface area contributed by atoms with E-state index in [4.69, 9.17) is 4.74 Å². The van der Waals surface area contributed by atoms with Crippen LogP contribution in [0.1, 0.15) is 104 Å². The number of rotatable bonds is 7. The number of fused-ring (bicyclic) bond motifs is 1. The van der Waals surface area contributed by atoms with Crippen molar-refractivity contribution in [2.24, 2.45) is 0 Å². The van der Waals surface area contributed by atoms with E-state index >= 15 is 0 Å². The summed E-state index contributed by atoms with van der Waals surface area (Å²) in [5.74, 6) is -0.534. The number of carbonyl (C=O) groups is 2. The molecule has 7 heteroatoms. The van der Waals surface area contributed by atoms with Crippen molar-refractivity contribution >= 4 is 11.9 Å². The van der Waals surface area contributed by atoms with Gasteiger partial charge >= 0.3 is 5.97 Å². The third-order valence-corrected chi connectivity index (χ3v) is 8.33. The molecule has 2 aromatic rings. The number of benzene rings is 2. The molecule has 3 N–H and O–H groups in total. The minimum atomic E-state index is -0.603. The number of esters is 1. The Kier molecular flexibility index (Phi) is 7.17. The van der Waals surface area contributed by atoms with E-state index < -0.39 is 5.54 Å². The van der Waals surface area contributed by atoms with Gasteiger partial charge in [0.2, 0.25) is 0 Å². The third-order valence-electron chi connectivity index (χ3n) is 8.33. The number of amides is 1. The Morgan fingerprint density at radius 3 is 2.41 bits per heavy atom. The Morgan fingerprint density at radius 2 is 1.70 bits per heavy atom. The lowest BCUT2D eigenvalue weighted by molar-refractivity contribution is -0.157. The second-order valence-corrected chi connectivity index (χ2v) is 11.3. The summed E-state index contributed by atoms with van der Waals surface area (Å²) in [5, 5.41) is 24.1. The van der Waals surface area contributed by atoms with Crippen molar-refractivity contribution < 1.29 is 24.5 Å². The smallest absolute Gasteiger partial charge is 0.326 e. The molecule has 7 nitrogen and oxygen atoms in total. The van der Waals surface area contributed by atoms with E-state index in [1.807, 2.05) is 19.9 Å². The fourth-order valence-electron chi connectivity index (χ4n) is 6.07. The first kappa shape index (κ1) is 25.6. The standard InChI is InChI=1S/C30H38N2O5/c1-19(2)24-14-25(27(34)15-26(24)33)28(35)32-17-21-10-9-20(13-22(21)18-32)16-31-30(11-5-6-12-30)29(36)37-23-7-3-4-8-23/h9-10,13-15,19,23,31,33-34H,3-8,11-12,16-18H2,1-2H3. The first-order valence-electron chi connectivity index (χ1n) is 13.7. The second kappa shape index (κ2) is 10.4. The molecule has 0 aromatic heterocycles. The van der Waals surface area contributed by atoms with Gasteiger partial charge in [-0.05, 0) is 72.8 Å². The molecule has 2 aliphatic carbocycles. The maximum Gasteiger partial charge on any atom is 0.326 e. The normalized spacial score (nSPS) is 18.9. The number of hydrogen-bond acceptors (Lipinski definition) is 6. The summed E-state index contributed by atoms with van der Waals surface area (Å²) in [6, 6.07) is 9.07. The monoisotopic (exact) mass is 506 g/mol. The summed E-state index contributed by atoms with van der Waals surface area (Å²) < 4.78 is 5.90. The van der Waals surface area contributed by atoms with Gasteiger partial charge in [-0.15, -0.1) is 0 Å². The van der Waals surface area contributed by atoms with Crippen LogP contribution in [0.5, 0.6) is 11.5 Å². The van der Waals surface area contributed by atoms with Crippen molar-refractivity contribution in [2.75, 3.05) is 0 Å². The van der Waals surface area contributed by atoms with Crippen LogP contribution in [0.15, 0.2) is 30.3 Å². The second-order valence-electron chi connectivity index (χ2n) is 11.3. The van der Waals surface area contributed by atoms with Crippen LogP contribution in [0, 0.1) is 0 Å². The van der Waals surface area contributed by atoms with Crippen molar-refractivity contribution in [1.82, 2.24) is 10.2 Å². The summed E-state index contributed by atoms with van der Waals surface area (Å²) in [7, 11) is 0. The molecule has 0 bridgehead atoms. The van der Waals surface area contributed by atoms with Crippen LogP contribution in [0.25, 0.3) is 0 Å².